The van der Waals surface area contributed by atoms with Crippen molar-refractivity contribution >= 4 is 11.6 Å². The fourth-order valence-electron chi connectivity index (χ4n) is 1.92. The van der Waals surface area contributed by atoms with Crippen molar-refractivity contribution in [1.82, 2.24) is 9.78 Å². The lowest BCUT2D eigenvalue weighted by molar-refractivity contribution is 0.697. The van der Waals surface area contributed by atoms with Gasteiger partial charge in [-0.15, -0.1) is 11.6 Å². The second kappa shape index (κ2) is 5.37. The highest BCUT2D eigenvalue weighted by Crippen LogP contribution is 2.22. The number of nitrogens with zero attached hydrogens (tertiary/aromatic N) is 2. The Labute approximate surface area is 107 Å². The van der Waals surface area contributed by atoms with E-state index in [-0.39, 0.29) is 0 Å². The van der Waals surface area contributed by atoms with Crippen LogP contribution >= 0.6 is 11.6 Å². The maximum atomic E-state index is 6.06. The summed E-state index contributed by atoms with van der Waals surface area (Å²) in [5.41, 5.74) is 3.66. The minimum atomic E-state index is 0.340. The zero-order chi connectivity index (χ0) is 12.3. The first kappa shape index (κ1) is 12.2. The highest BCUT2D eigenvalue weighted by Gasteiger charge is 2.12. The van der Waals surface area contributed by atoms with Gasteiger partial charge in [-0.1, -0.05) is 29.8 Å². The van der Waals surface area contributed by atoms with Crippen molar-refractivity contribution in [2.75, 3.05) is 5.88 Å². The molecule has 1 aromatic heterocycles. The Kier molecular flexibility index (Phi) is 3.85. The van der Waals surface area contributed by atoms with Crippen molar-refractivity contribution < 1.29 is 0 Å². The summed E-state index contributed by atoms with van der Waals surface area (Å²) in [5.74, 6) is 0.965. The van der Waals surface area contributed by atoms with E-state index >= 15 is 0 Å². The highest BCUT2D eigenvalue weighted by molar-refractivity contribution is 6.18. The second-order valence-electron chi connectivity index (χ2n) is 4.45. The van der Waals surface area contributed by atoms with Gasteiger partial charge < -0.3 is 0 Å². The van der Waals surface area contributed by atoms with Gasteiger partial charge in [-0.25, -0.2) is 0 Å². The quantitative estimate of drug-likeness (QED) is 0.760. The molecule has 2 nitrogen and oxygen atoms in total. The lowest BCUT2D eigenvalue weighted by Crippen LogP contribution is -2.05. The summed E-state index contributed by atoms with van der Waals surface area (Å²) in [6.45, 7) is 2.10. The van der Waals surface area contributed by atoms with E-state index in [1.807, 2.05) is 24.0 Å². The zero-order valence-corrected chi connectivity index (χ0v) is 11.0. The lowest BCUT2D eigenvalue weighted by Gasteiger charge is -2.13. The molecule has 0 radical (unpaired) electrons. The summed E-state index contributed by atoms with van der Waals surface area (Å²) in [7, 11) is 1.94. The van der Waals surface area contributed by atoms with E-state index in [0.29, 0.717) is 11.8 Å². The van der Waals surface area contributed by atoms with Crippen LogP contribution in [0.5, 0.6) is 0 Å². The van der Waals surface area contributed by atoms with Crippen LogP contribution in [0.1, 0.15) is 22.7 Å². The van der Waals surface area contributed by atoms with Crippen LogP contribution in [0.25, 0.3) is 0 Å². The lowest BCUT2D eigenvalue weighted by atomic mass is 9.95. The molecule has 0 fully saturated rings. The largest absolute Gasteiger partial charge is 0.276 e. The molecule has 2 rings (SSSR count). The van der Waals surface area contributed by atoms with Gasteiger partial charge in [0, 0.05) is 25.0 Å². The number of hydrogen-bond donors (Lipinski definition) is 0. The standard InChI is InChI=1S/C14H17ClN2/c1-11-3-5-12(6-4-11)13(10-15)9-14-7-8-17(2)16-14/h3-8,13H,9-10H2,1-2H3. The molecule has 0 saturated carbocycles. The molecular formula is C14H17ClN2. The molecule has 0 aliphatic carbocycles. The maximum absolute atomic E-state index is 6.06. The summed E-state index contributed by atoms with van der Waals surface area (Å²) in [5, 5.41) is 4.40. The van der Waals surface area contributed by atoms with E-state index in [1.54, 1.807) is 0 Å². The molecule has 17 heavy (non-hydrogen) atoms. The van der Waals surface area contributed by atoms with Crippen LogP contribution in [0.2, 0.25) is 0 Å². The minimum absolute atomic E-state index is 0.340. The number of rotatable bonds is 4. The molecule has 1 unspecified atom stereocenters. The maximum Gasteiger partial charge on any atom is 0.0631 e. The number of halogens is 1. The SMILES string of the molecule is Cc1ccc(C(CCl)Cc2ccn(C)n2)cc1. The van der Waals surface area contributed by atoms with Crippen molar-refractivity contribution in [2.45, 2.75) is 19.3 Å². The molecule has 0 N–H and O–H groups in total. The number of aromatic nitrogens is 2. The third kappa shape index (κ3) is 3.10. The van der Waals surface area contributed by atoms with Crippen LogP contribution in [-0.4, -0.2) is 15.7 Å². The first-order valence-electron chi connectivity index (χ1n) is 5.80. The predicted molar refractivity (Wildman–Crippen MR) is 71.6 cm³/mol. The second-order valence-corrected chi connectivity index (χ2v) is 4.76. The molecule has 0 bridgehead atoms. The molecule has 0 spiro atoms. The number of hydrogen-bond acceptors (Lipinski definition) is 1. The average molecular weight is 249 g/mol. The Morgan fingerprint density at radius 1 is 1.24 bits per heavy atom. The zero-order valence-electron chi connectivity index (χ0n) is 10.2. The van der Waals surface area contributed by atoms with Crippen molar-refractivity contribution in [3.8, 4) is 0 Å². The van der Waals surface area contributed by atoms with Gasteiger partial charge in [0.25, 0.3) is 0 Å². The monoisotopic (exact) mass is 248 g/mol. The minimum Gasteiger partial charge on any atom is -0.276 e. The summed E-state index contributed by atoms with van der Waals surface area (Å²) in [4.78, 5) is 0. The van der Waals surface area contributed by atoms with E-state index in [0.717, 1.165) is 12.1 Å². The third-order valence-electron chi connectivity index (χ3n) is 2.96. The predicted octanol–water partition coefficient (Wildman–Crippen LogP) is 3.29. The molecule has 0 aliphatic heterocycles. The molecule has 1 heterocycles. The van der Waals surface area contributed by atoms with Gasteiger partial charge in [0.2, 0.25) is 0 Å². The fraction of sp³-hybridized carbons (Fsp3) is 0.357. The third-order valence-corrected chi connectivity index (χ3v) is 3.33. The Morgan fingerprint density at radius 2 is 1.94 bits per heavy atom. The summed E-state index contributed by atoms with van der Waals surface area (Å²) >= 11 is 6.06. The van der Waals surface area contributed by atoms with Crippen molar-refractivity contribution in [1.29, 1.82) is 0 Å². The van der Waals surface area contributed by atoms with Crippen LogP contribution in [-0.2, 0) is 13.5 Å². The number of aryl methyl sites for hydroxylation is 2. The van der Waals surface area contributed by atoms with Gasteiger partial charge in [0.15, 0.2) is 0 Å². The van der Waals surface area contributed by atoms with Gasteiger partial charge in [-0.3, -0.25) is 4.68 Å². The van der Waals surface area contributed by atoms with Gasteiger partial charge in [0.05, 0.1) is 5.69 Å². The molecule has 2 aromatic rings. The Balaban J connectivity index is 2.13. The average Bonchev–Trinajstić information content (AvgIpc) is 2.73. The van der Waals surface area contributed by atoms with Gasteiger partial charge in [-0.05, 0) is 25.0 Å². The Hall–Kier alpha value is -1.28. The molecule has 0 aliphatic rings. The molecule has 1 aromatic carbocycles. The molecule has 0 saturated heterocycles. The van der Waals surface area contributed by atoms with Crippen molar-refractivity contribution in [3.05, 3.63) is 53.3 Å². The van der Waals surface area contributed by atoms with E-state index in [4.69, 9.17) is 11.6 Å². The van der Waals surface area contributed by atoms with Crippen LogP contribution in [0.3, 0.4) is 0 Å². The first-order chi connectivity index (χ1) is 8.19. The van der Waals surface area contributed by atoms with E-state index in [2.05, 4.69) is 36.3 Å². The van der Waals surface area contributed by atoms with Crippen molar-refractivity contribution in [2.24, 2.45) is 7.05 Å². The highest BCUT2D eigenvalue weighted by atomic mass is 35.5. The van der Waals surface area contributed by atoms with E-state index in [9.17, 15) is 0 Å². The topological polar surface area (TPSA) is 17.8 Å². The fourth-order valence-corrected chi connectivity index (χ4v) is 2.21. The number of alkyl halides is 1. The van der Waals surface area contributed by atoms with Gasteiger partial charge >= 0.3 is 0 Å². The van der Waals surface area contributed by atoms with Crippen LogP contribution in [0, 0.1) is 6.92 Å². The Morgan fingerprint density at radius 3 is 2.47 bits per heavy atom. The molecular weight excluding hydrogens is 232 g/mol. The van der Waals surface area contributed by atoms with Crippen LogP contribution in [0.15, 0.2) is 36.5 Å². The van der Waals surface area contributed by atoms with Crippen LogP contribution < -0.4 is 0 Å². The van der Waals surface area contributed by atoms with E-state index < -0.39 is 0 Å². The summed E-state index contributed by atoms with van der Waals surface area (Å²) < 4.78 is 1.83. The normalized spacial score (nSPS) is 12.6. The smallest absolute Gasteiger partial charge is 0.0631 e. The summed E-state index contributed by atoms with van der Waals surface area (Å²) in [6, 6.07) is 10.6. The van der Waals surface area contributed by atoms with Crippen LogP contribution in [0.4, 0.5) is 0 Å². The van der Waals surface area contributed by atoms with Crippen molar-refractivity contribution in [3.63, 3.8) is 0 Å². The molecule has 1 atom stereocenters. The van der Waals surface area contributed by atoms with E-state index in [1.165, 1.54) is 11.1 Å². The first-order valence-corrected chi connectivity index (χ1v) is 6.33. The molecule has 90 valence electrons. The Bertz CT molecular complexity index is 473. The van der Waals surface area contributed by atoms with Gasteiger partial charge in [-0.2, -0.15) is 5.10 Å². The van der Waals surface area contributed by atoms with Gasteiger partial charge in [0.1, 0.15) is 0 Å². The number of benzene rings is 1. The molecule has 3 heteroatoms. The molecule has 0 amide bonds. The summed E-state index contributed by atoms with van der Waals surface area (Å²) in [6.07, 6.45) is 2.86.